The third kappa shape index (κ3) is 4.06. The van der Waals surface area contributed by atoms with Gasteiger partial charge in [-0.1, -0.05) is 12.1 Å². The van der Waals surface area contributed by atoms with Crippen molar-refractivity contribution in [3.8, 4) is 0 Å². The van der Waals surface area contributed by atoms with E-state index in [0.717, 1.165) is 15.7 Å². The molecular weight excluding hydrogens is 323 g/mol. The van der Waals surface area contributed by atoms with Gasteiger partial charge in [0.1, 0.15) is 5.82 Å². The van der Waals surface area contributed by atoms with Crippen molar-refractivity contribution in [1.82, 2.24) is 0 Å². The molecule has 0 heterocycles. The second-order valence-corrected chi connectivity index (χ2v) is 5.21. The van der Waals surface area contributed by atoms with Crippen LogP contribution in [0.25, 0.3) is 0 Å². The van der Waals surface area contributed by atoms with Crippen LogP contribution in [0, 0.1) is 5.82 Å². The molecule has 0 aliphatic heterocycles. The van der Waals surface area contributed by atoms with Gasteiger partial charge in [-0.2, -0.15) is 0 Å². The average molecular weight is 337 g/mol. The molecule has 0 spiro atoms. The van der Waals surface area contributed by atoms with Crippen molar-refractivity contribution < 1.29 is 9.18 Å². The van der Waals surface area contributed by atoms with Gasteiger partial charge in [0.05, 0.1) is 5.69 Å². The molecular formula is C15H14BrFN2O. The molecule has 0 radical (unpaired) electrons. The predicted octanol–water partition coefficient (Wildman–Crippen LogP) is 4.16. The van der Waals surface area contributed by atoms with Gasteiger partial charge in [-0.25, -0.2) is 4.39 Å². The van der Waals surface area contributed by atoms with Crippen molar-refractivity contribution >= 4 is 33.2 Å². The summed E-state index contributed by atoms with van der Waals surface area (Å²) in [6.45, 7) is 2.04. The van der Waals surface area contributed by atoms with E-state index in [9.17, 15) is 9.18 Å². The van der Waals surface area contributed by atoms with E-state index in [2.05, 4.69) is 26.6 Å². The summed E-state index contributed by atoms with van der Waals surface area (Å²) in [6.07, 6.45) is 0. The minimum absolute atomic E-state index is 0.0976. The van der Waals surface area contributed by atoms with Crippen LogP contribution in [0.1, 0.15) is 12.5 Å². The normalized spacial score (nSPS) is 10.2. The van der Waals surface area contributed by atoms with Crippen LogP contribution in [0.4, 0.5) is 15.8 Å². The molecule has 0 bridgehead atoms. The van der Waals surface area contributed by atoms with Crippen LogP contribution in [0.5, 0.6) is 0 Å². The zero-order valence-corrected chi connectivity index (χ0v) is 12.5. The number of carbonyl (C=O) groups excluding carboxylic acids is 1. The molecule has 0 unspecified atom stereocenters. The Bertz CT molecular complexity index is 614. The third-order valence-electron chi connectivity index (χ3n) is 2.69. The second kappa shape index (κ2) is 6.52. The maximum atomic E-state index is 13.1. The zero-order valence-electron chi connectivity index (χ0n) is 10.9. The lowest BCUT2D eigenvalue weighted by Gasteiger charge is -2.09. The van der Waals surface area contributed by atoms with Crippen molar-refractivity contribution in [2.45, 2.75) is 13.5 Å². The summed E-state index contributed by atoms with van der Waals surface area (Å²) in [5.74, 6) is -0.378. The predicted molar refractivity (Wildman–Crippen MR) is 82.2 cm³/mol. The molecule has 0 aliphatic carbocycles. The van der Waals surface area contributed by atoms with Crippen LogP contribution in [0.15, 0.2) is 46.9 Å². The Morgan fingerprint density at radius 3 is 2.55 bits per heavy atom. The van der Waals surface area contributed by atoms with E-state index in [-0.39, 0.29) is 11.7 Å². The molecule has 3 nitrogen and oxygen atoms in total. The lowest BCUT2D eigenvalue weighted by Crippen LogP contribution is -2.06. The SMILES string of the molecule is CC(=O)Nc1ccc(CNc2cc(F)ccc2Br)cc1. The van der Waals surface area contributed by atoms with E-state index in [4.69, 9.17) is 0 Å². The molecule has 0 fully saturated rings. The highest BCUT2D eigenvalue weighted by atomic mass is 79.9. The monoisotopic (exact) mass is 336 g/mol. The quantitative estimate of drug-likeness (QED) is 0.880. The molecule has 0 aliphatic rings. The fourth-order valence-electron chi connectivity index (χ4n) is 1.74. The van der Waals surface area contributed by atoms with E-state index < -0.39 is 0 Å². The summed E-state index contributed by atoms with van der Waals surface area (Å²) < 4.78 is 14.0. The van der Waals surface area contributed by atoms with Crippen LogP contribution < -0.4 is 10.6 Å². The number of carbonyl (C=O) groups is 1. The van der Waals surface area contributed by atoms with Crippen molar-refractivity contribution in [3.63, 3.8) is 0 Å². The lowest BCUT2D eigenvalue weighted by molar-refractivity contribution is -0.114. The summed E-state index contributed by atoms with van der Waals surface area (Å²) >= 11 is 3.37. The summed E-state index contributed by atoms with van der Waals surface area (Å²) in [5, 5.41) is 5.86. The summed E-state index contributed by atoms with van der Waals surface area (Å²) in [4.78, 5) is 10.9. The number of hydrogen-bond acceptors (Lipinski definition) is 2. The average Bonchev–Trinajstić information content (AvgIpc) is 2.41. The smallest absolute Gasteiger partial charge is 0.221 e. The molecule has 0 aromatic heterocycles. The van der Waals surface area contributed by atoms with Gasteiger partial charge in [-0.3, -0.25) is 4.79 Å². The number of hydrogen-bond donors (Lipinski definition) is 2. The van der Waals surface area contributed by atoms with Gasteiger partial charge < -0.3 is 10.6 Å². The Labute approximate surface area is 125 Å². The highest BCUT2D eigenvalue weighted by molar-refractivity contribution is 9.10. The number of benzene rings is 2. The minimum atomic E-state index is -0.281. The Kier molecular flexibility index (Phi) is 4.74. The van der Waals surface area contributed by atoms with Crippen molar-refractivity contribution in [2.75, 3.05) is 10.6 Å². The number of halogens is 2. The summed E-state index contributed by atoms with van der Waals surface area (Å²) in [5.41, 5.74) is 2.50. The first-order chi connectivity index (χ1) is 9.54. The van der Waals surface area contributed by atoms with Crippen LogP contribution in [0.3, 0.4) is 0 Å². The van der Waals surface area contributed by atoms with E-state index in [1.807, 2.05) is 24.3 Å². The molecule has 2 aromatic carbocycles. The largest absolute Gasteiger partial charge is 0.380 e. The Morgan fingerprint density at radius 2 is 1.90 bits per heavy atom. The molecule has 2 N–H and O–H groups in total. The number of anilines is 2. The van der Waals surface area contributed by atoms with Gasteiger partial charge >= 0.3 is 0 Å². The minimum Gasteiger partial charge on any atom is -0.380 e. The summed E-state index contributed by atoms with van der Waals surface area (Å²) in [7, 11) is 0. The van der Waals surface area contributed by atoms with E-state index in [0.29, 0.717) is 12.2 Å². The maximum Gasteiger partial charge on any atom is 0.221 e. The molecule has 2 rings (SSSR count). The highest BCUT2D eigenvalue weighted by Gasteiger charge is 2.02. The Morgan fingerprint density at radius 1 is 1.20 bits per heavy atom. The van der Waals surface area contributed by atoms with E-state index in [1.165, 1.54) is 19.1 Å². The highest BCUT2D eigenvalue weighted by Crippen LogP contribution is 2.23. The van der Waals surface area contributed by atoms with Crippen molar-refractivity contribution in [2.24, 2.45) is 0 Å². The van der Waals surface area contributed by atoms with Gasteiger partial charge in [-0.15, -0.1) is 0 Å². The molecule has 0 saturated heterocycles. The first-order valence-electron chi connectivity index (χ1n) is 6.10. The molecule has 0 saturated carbocycles. The first kappa shape index (κ1) is 14.5. The fourth-order valence-corrected chi connectivity index (χ4v) is 2.13. The van der Waals surface area contributed by atoms with Crippen LogP contribution in [-0.4, -0.2) is 5.91 Å². The van der Waals surface area contributed by atoms with Gasteiger partial charge in [0.15, 0.2) is 0 Å². The van der Waals surface area contributed by atoms with E-state index >= 15 is 0 Å². The molecule has 104 valence electrons. The third-order valence-corrected chi connectivity index (χ3v) is 3.38. The second-order valence-electron chi connectivity index (χ2n) is 4.36. The van der Waals surface area contributed by atoms with Gasteiger partial charge in [-0.05, 0) is 51.8 Å². The molecule has 1 amide bonds. The maximum absolute atomic E-state index is 13.1. The van der Waals surface area contributed by atoms with Gasteiger partial charge in [0.2, 0.25) is 5.91 Å². The standard InChI is InChI=1S/C15H14BrFN2O/c1-10(20)19-13-5-2-11(3-6-13)9-18-15-8-12(17)4-7-14(15)16/h2-8,18H,9H2,1H3,(H,19,20). The Balaban J connectivity index is 2.00. The van der Waals surface area contributed by atoms with Crippen molar-refractivity contribution in [3.05, 3.63) is 58.3 Å². The number of amides is 1. The van der Waals surface area contributed by atoms with Gasteiger partial charge in [0, 0.05) is 23.6 Å². The summed E-state index contributed by atoms with van der Waals surface area (Å²) in [6, 6.07) is 12.0. The van der Waals surface area contributed by atoms with Crippen LogP contribution >= 0.6 is 15.9 Å². The zero-order chi connectivity index (χ0) is 14.5. The van der Waals surface area contributed by atoms with Gasteiger partial charge in [0.25, 0.3) is 0 Å². The van der Waals surface area contributed by atoms with Crippen LogP contribution in [-0.2, 0) is 11.3 Å². The fraction of sp³-hybridized carbons (Fsp3) is 0.133. The number of rotatable bonds is 4. The van der Waals surface area contributed by atoms with Crippen molar-refractivity contribution in [1.29, 1.82) is 0 Å². The molecule has 20 heavy (non-hydrogen) atoms. The number of nitrogens with one attached hydrogen (secondary N) is 2. The lowest BCUT2D eigenvalue weighted by atomic mass is 10.2. The topological polar surface area (TPSA) is 41.1 Å². The van der Waals surface area contributed by atoms with E-state index in [1.54, 1.807) is 6.07 Å². The molecule has 0 atom stereocenters. The molecule has 5 heteroatoms. The first-order valence-corrected chi connectivity index (χ1v) is 6.89. The Hall–Kier alpha value is -1.88. The van der Waals surface area contributed by atoms with Crippen LogP contribution in [0.2, 0.25) is 0 Å². The molecule has 2 aromatic rings.